The monoisotopic (exact) mass is 270 g/mol. The third kappa shape index (κ3) is 3.46. The van der Waals surface area contributed by atoms with Crippen molar-refractivity contribution in [2.24, 2.45) is 0 Å². The molecule has 1 N–H and O–H groups in total. The first-order valence-electron chi connectivity index (χ1n) is 5.70. The summed E-state index contributed by atoms with van der Waals surface area (Å²) in [7, 11) is -3.51. The smallest absolute Gasteiger partial charge is 0.243 e. The Morgan fingerprint density at radius 1 is 1.33 bits per heavy atom. The highest BCUT2D eigenvalue weighted by Gasteiger charge is 2.28. The van der Waals surface area contributed by atoms with Gasteiger partial charge in [-0.05, 0) is 26.0 Å². The number of likely N-dealkylation sites (N-methyl/N-ethyl adjacent to an activating group) is 1. The van der Waals surface area contributed by atoms with E-state index in [2.05, 4.69) is 5.32 Å². The van der Waals surface area contributed by atoms with Crippen LogP contribution in [0.25, 0.3) is 0 Å². The molecule has 18 heavy (non-hydrogen) atoms. The van der Waals surface area contributed by atoms with E-state index in [1.54, 1.807) is 44.2 Å². The van der Waals surface area contributed by atoms with Gasteiger partial charge in [0.25, 0.3) is 0 Å². The number of carbonyl (C=O) groups is 1. The van der Waals surface area contributed by atoms with Crippen molar-refractivity contribution in [1.82, 2.24) is 5.32 Å². The van der Waals surface area contributed by atoms with Gasteiger partial charge in [-0.1, -0.05) is 18.2 Å². The molecule has 0 saturated carbocycles. The topological polar surface area (TPSA) is 66.5 Å². The van der Waals surface area contributed by atoms with Crippen LogP contribution in [0.3, 0.4) is 0 Å². The van der Waals surface area contributed by atoms with Crippen molar-refractivity contribution < 1.29 is 13.2 Å². The predicted octanol–water partition coefficient (Wildman–Crippen LogP) is 0.977. The van der Waals surface area contributed by atoms with Gasteiger partial charge >= 0.3 is 0 Å². The third-order valence-corrected chi connectivity index (χ3v) is 3.69. The van der Waals surface area contributed by atoms with Crippen molar-refractivity contribution in [2.75, 3.05) is 17.1 Å². The standard InChI is InChI=1S/C12H18N2O3S/c1-4-13-12(15)10(2)14(18(3,16)17)11-8-6-5-7-9-11/h5-10H,4H2,1-3H3,(H,13,15)/t10-/m1/s1. The lowest BCUT2D eigenvalue weighted by Crippen LogP contribution is -2.47. The molecular formula is C12H18N2O3S. The first kappa shape index (κ1) is 14.5. The van der Waals surface area contributed by atoms with E-state index in [4.69, 9.17) is 0 Å². The summed E-state index contributed by atoms with van der Waals surface area (Å²) in [4.78, 5) is 11.8. The summed E-state index contributed by atoms with van der Waals surface area (Å²) in [5, 5.41) is 2.62. The predicted molar refractivity (Wildman–Crippen MR) is 71.9 cm³/mol. The second-order valence-corrected chi connectivity index (χ2v) is 5.82. The van der Waals surface area contributed by atoms with Crippen molar-refractivity contribution in [3.05, 3.63) is 30.3 Å². The van der Waals surface area contributed by atoms with Crippen LogP contribution in [-0.4, -0.2) is 33.2 Å². The molecule has 0 radical (unpaired) electrons. The van der Waals surface area contributed by atoms with Crippen LogP contribution in [-0.2, 0) is 14.8 Å². The summed E-state index contributed by atoms with van der Waals surface area (Å²) in [5.74, 6) is -0.313. The summed E-state index contributed by atoms with van der Waals surface area (Å²) < 4.78 is 24.8. The molecule has 0 spiro atoms. The van der Waals surface area contributed by atoms with Crippen LogP contribution in [0.2, 0.25) is 0 Å². The summed E-state index contributed by atoms with van der Waals surface area (Å²) in [5.41, 5.74) is 0.485. The number of para-hydroxylation sites is 1. The Hall–Kier alpha value is -1.56. The Kier molecular flexibility index (Phi) is 4.72. The van der Waals surface area contributed by atoms with E-state index >= 15 is 0 Å². The van der Waals surface area contributed by atoms with Gasteiger partial charge in [0.1, 0.15) is 6.04 Å². The molecule has 0 unspecified atom stereocenters. The largest absolute Gasteiger partial charge is 0.355 e. The lowest BCUT2D eigenvalue weighted by molar-refractivity contribution is -0.121. The molecule has 1 rings (SSSR count). The average Bonchev–Trinajstić information content (AvgIpc) is 2.29. The fraction of sp³-hybridized carbons (Fsp3) is 0.417. The van der Waals surface area contributed by atoms with Crippen LogP contribution in [0.5, 0.6) is 0 Å². The van der Waals surface area contributed by atoms with E-state index in [9.17, 15) is 13.2 Å². The number of nitrogens with one attached hydrogen (secondary N) is 1. The summed E-state index contributed by atoms with van der Waals surface area (Å²) in [6.07, 6.45) is 1.09. The second-order valence-electron chi connectivity index (χ2n) is 3.96. The molecule has 0 fully saturated rings. The molecule has 100 valence electrons. The first-order chi connectivity index (χ1) is 8.38. The maximum Gasteiger partial charge on any atom is 0.243 e. The minimum Gasteiger partial charge on any atom is -0.355 e. The summed E-state index contributed by atoms with van der Waals surface area (Å²) in [6, 6.07) is 7.81. The van der Waals surface area contributed by atoms with Crippen molar-refractivity contribution in [3.8, 4) is 0 Å². The molecule has 0 saturated heterocycles. The number of amides is 1. The van der Waals surface area contributed by atoms with Gasteiger partial charge in [0.2, 0.25) is 15.9 Å². The Balaban J connectivity index is 3.12. The normalized spacial score (nSPS) is 12.8. The maximum absolute atomic E-state index is 11.8. The molecule has 5 nitrogen and oxygen atoms in total. The fourth-order valence-corrected chi connectivity index (χ4v) is 2.88. The highest BCUT2D eigenvalue weighted by Crippen LogP contribution is 2.19. The first-order valence-corrected chi connectivity index (χ1v) is 7.55. The minimum atomic E-state index is -3.51. The van der Waals surface area contributed by atoms with Crippen LogP contribution >= 0.6 is 0 Å². The van der Waals surface area contributed by atoms with Crippen LogP contribution in [0.4, 0.5) is 5.69 Å². The number of rotatable bonds is 5. The van der Waals surface area contributed by atoms with Gasteiger partial charge in [-0.2, -0.15) is 0 Å². The number of benzene rings is 1. The molecule has 0 bridgehead atoms. The molecule has 1 amide bonds. The summed E-state index contributed by atoms with van der Waals surface area (Å²) >= 11 is 0. The molecule has 0 aliphatic rings. The van der Waals surface area contributed by atoms with E-state index in [1.165, 1.54) is 0 Å². The number of hydrogen-bond acceptors (Lipinski definition) is 3. The van der Waals surface area contributed by atoms with Gasteiger partial charge in [-0.25, -0.2) is 8.42 Å². The molecule has 1 aromatic rings. The van der Waals surface area contributed by atoms with Gasteiger partial charge in [-0.3, -0.25) is 9.10 Å². The van der Waals surface area contributed by atoms with E-state index in [-0.39, 0.29) is 5.91 Å². The highest BCUT2D eigenvalue weighted by molar-refractivity contribution is 7.92. The van der Waals surface area contributed by atoms with Crippen molar-refractivity contribution >= 4 is 21.6 Å². The van der Waals surface area contributed by atoms with Crippen molar-refractivity contribution in [3.63, 3.8) is 0 Å². The van der Waals surface area contributed by atoms with Gasteiger partial charge in [0.05, 0.1) is 11.9 Å². The van der Waals surface area contributed by atoms with E-state index in [1.807, 2.05) is 0 Å². The maximum atomic E-state index is 11.8. The van der Waals surface area contributed by atoms with Gasteiger partial charge in [0, 0.05) is 6.54 Å². The van der Waals surface area contributed by atoms with Crippen molar-refractivity contribution in [2.45, 2.75) is 19.9 Å². The van der Waals surface area contributed by atoms with Crippen molar-refractivity contribution in [1.29, 1.82) is 0 Å². The van der Waals surface area contributed by atoms with E-state index < -0.39 is 16.1 Å². The van der Waals surface area contributed by atoms with Crippen LogP contribution < -0.4 is 9.62 Å². The average molecular weight is 270 g/mol. The van der Waals surface area contributed by atoms with E-state index in [0.29, 0.717) is 12.2 Å². The molecule has 0 aromatic heterocycles. The molecule has 1 atom stereocenters. The van der Waals surface area contributed by atoms with Gasteiger partial charge < -0.3 is 5.32 Å². The number of sulfonamides is 1. The minimum absolute atomic E-state index is 0.313. The number of carbonyl (C=O) groups excluding carboxylic acids is 1. The Labute approximate surface area is 108 Å². The van der Waals surface area contributed by atoms with Crippen LogP contribution in [0.15, 0.2) is 30.3 Å². The Morgan fingerprint density at radius 2 is 1.89 bits per heavy atom. The lowest BCUT2D eigenvalue weighted by atomic mass is 10.2. The van der Waals surface area contributed by atoms with Crippen LogP contribution in [0.1, 0.15) is 13.8 Å². The quantitative estimate of drug-likeness (QED) is 0.867. The third-order valence-electron chi connectivity index (χ3n) is 2.45. The second kappa shape index (κ2) is 5.86. The summed E-state index contributed by atoms with van der Waals surface area (Å²) in [6.45, 7) is 3.83. The van der Waals surface area contributed by atoms with Gasteiger partial charge in [-0.15, -0.1) is 0 Å². The molecule has 0 aliphatic heterocycles. The molecule has 0 aliphatic carbocycles. The number of nitrogens with zero attached hydrogens (tertiary/aromatic N) is 1. The molecule has 6 heteroatoms. The zero-order valence-corrected chi connectivity index (χ0v) is 11.6. The highest BCUT2D eigenvalue weighted by atomic mass is 32.2. The fourth-order valence-electron chi connectivity index (χ4n) is 1.71. The van der Waals surface area contributed by atoms with Crippen LogP contribution in [0, 0.1) is 0 Å². The lowest BCUT2D eigenvalue weighted by Gasteiger charge is -2.28. The molecular weight excluding hydrogens is 252 g/mol. The SMILES string of the molecule is CCNC(=O)[C@@H](C)N(c1ccccc1)S(C)(=O)=O. The Bertz CT molecular complexity index is 499. The molecule has 0 heterocycles. The zero-order valence-electron chi connectivity index (χ0n) is 10.8. The van der Waals surface area contributed by atoms with Gasteiger partial charge in [0.15, 0.2) is 0 Å². The number of hydrogen-bond donors (Lipinski definition) is 1. The number of anilines is 1. The molecule has 1 aromatic carbocycles. The Morgan fingerprint density at radius 3 is 2.33 bits per heavy atom. The van der Waals surface area contributed by atoms with E-state index in [0.717, 1.165) is 10.6 Å². The zero-order chi connectivity index (χ0) is 13.8.